The Morgan fingerprint density at radius 3 is 0.740 bits per heavy atom. The van der Waals surface area contributed by atoms with Crippen LogP contribution in [0.4, 0.5) is 0 Å². The van der Waals surface area contributed by atoms with Gasteiger partial charge in [0.05, 0.1) is 26.4 Å². The first kappa shape index (κ1) is 94.1. The van der Waals surface area contributed by atoms with E-state index in [1.54, 1.807) is 0 Å². The quantitative estimate of drug-likeness (QED) is 0.0222. The summed E-state index contributed by atoms with van der Waals surface area (Å²) in [7, 11) is -9.91. The van der Waals surface area contributed by atoms with Crippen molar-refractivity contribution in [1.82, 2.24) is 0 Å². The van der Waals surface area contributed by atoms with Gasteiger partial charge in [-0.1, -0.05) is 338 Å². The maximum Gasteiger partial charge on any atom is 0.472 e. The normalized spacial score (nSPS) is 14.4. The topological polar surface area (TPSA) is 237 Å². The number of hydrogen-bond donors (Lipinski definition) is 3. The Labute approximate surface area is 588 Å². The molecule has 0 radical (unpaired) electrons. The lowest BCUT2D eigenvalue weighted by molar-refractivity contribution is -0.161. The number of hydrogen-bond acceptors (Lipinski definition) is 15. The van der Waals surface area contributed by atoms with Crippen molar-refractivity contribution in [2.75, 3.05) is 39.6 Å². The highest BCUT2D eigenvalue weighted by Crippen LogP contribution is 2.45. The highest BCUT2D eigenvalue weighted by Gasteiger charge is 2.30. The third kappa shape index (κ3) is 69.2. The summed E-state index contributed by atoms with van der Waals surface area (Å²) in [4.78, 5) is 72.7. The molecule has 0 aromatic heterocycles. The van der Waals surface area contributed by atoms with E-state index in [4.69, 9.17) is 37.0 Å². The predicted molar refractivity (Wildman–Crippen MR) is 391 cm³/mol. The third-order valence-electron chi connectivity index (χ3n) is 18.2. The van der Waals surface area contributed by atoms with Crippen LogP contribution >= 0.6 is 15.6 Å². The minimum absolute atomic E-state index is 0.102. The second-order valence-corrected chi connectivity index (χ2v) is 32.3. The predicted octanol–water partition coefficient (Wildman–Crippen LogP) is 22.4. The number of carbonyl (C=O) groups is 4. The molecule has 0 aliphatic carbocycles. The van der Waals surface area contributed by atoms with E-state index in [0.717, 1.165) is 114 Å². The van der Waals surface area contributed by atoms with Gasteiger partial charge in [-0.3, -0.25) is 37.3 Å². The third-order valence-corrected chi connectivity index (χ3v) is 20.1. The Kier molecular flexibility index (Phi) is 65.0. The molecule has 0 saturated carbocycles. The van der Waals surface area contributed by atoms with Crippen molar-refractivity contribution in [3.8, 4) is 0 Å². The summed E-state index contributed by atoms with van der Waals surface area (Å²) < 4.78 is 68.5. The zero-order valence-corrected chi connectivity index (χ0v) is 64.8. The molecule has 0 saturated heterocycles. The number of aliphatic hydroxyl groups excluding tert-OH is 1. The summed E-state index contributed by atoms with van der Waals surface area (Å²) in [5, 5.41) is 10.6. The number of aliphatic hydroxyl groups is 1. The van der Waals surface area contributed by atoms with Crippen molar-refractivity contribution >= 4 is 39.5 Å². The first-order valence-electron chi connectivity index (χ1n) is 39.7. The van der Waals surface area contributed by atoms with Gasteiger partial charge in [-0.05, 0) is 49.4 Å². The van der Waals surface area contributed by atoms with E-state index in [0.29, 0.717) is 31.6 Å². The lowest BCUT2D eigenvalue weighted by Gasteiger charge is -2.21. The molecule has 0 amide bonds. The van der Waals surface area contributed by atoms with Crippen LogP contribution in [0.15, 0.2) is 0 Å². The molecule has 0 heterocycles. The van der Waals surface area contributed by atoms with Gasteiger partial charge in [0.1, 0.15) is 19.3 Å². The molecule has 0 aromatic carbocycles. The van der Waals surface area contributed by atoms with Gasteiger partial charge in [0, 0.05) is 25.7 Å². The van der Waals surface area contributed by atoms with E-state index in [-0.39, 0.29) is 25.7 Å². The van der Waals surface area contributed by atoms with Gasteiger partial charge in [-0.15, -0.1) is 0 Å². The molecule has 19 heteroatoms. The van der Waals surface area contributed by atoms with Crippen molar-refractivity contribution in [3.63, 3.8) is 0 Å². The average Bonchev–Trinajstić information content (AvgIpc) is 1.89. The number of phosphoric acid groups is 2. The number of esters is 4. The van der Waals surface area contributed by atoms with Crippen LogP contribution in [0.3, 0.4) is 0 Å². The van der Waals surface area contributed by atoms with E-state index < -0.39 is 97.5 Å². The second-order valence-electron chi connectivity index (χ2n) is 29.4. The summed E-state index contributed by atoms with van der Waals surface area (Å²) in [5.41, 5.74) is 0. The van der Waals surface area contributed by atoms with Gasteiger partial charge in [0.25, 0.3) is 0 Å². The van der Waals surface area contributed by atoms with Crippen LogP contribution in [0.25, 0.3) is 0 Å². The second kappa shape index (κ2) is 66.3. The lowest BCUT2D eigenvalue weighted by atomic mass is 10.00. The molecule has 570 valence electrons. The Morgan fingerprint density at radius 2 is 0.500 bits per heavy atom. The van der Waals surface area contributed by atoms with Crippen LogP contribution in [0, 0.1) is 23.7 Å². The van der Waals surface area contributed by atoms with E-state index >= 15 is 0 Å². The molecule has 0 fully saturated rings. The maximum atomic E-state index is 13.1. The van der Waals surface area contributed by atoms with E-state index in [2.05, 4.69) is 55.4 Å². The summed E-state index contributed by atoms with van der Waals surface area (Å²) in [6.45, 7) is 14.1. The zero-order chi connectivity index (χ0) is 71.0. The van der Waals surface area contributed by atoms with Crippen LogP contribution in [-0.4, -0.2) is 96.7 Å². The van der Waals surface area contributed by atoms with Crippen LogP contribution in [0.2, 0.25) is 0 Å². The smallest absolute Gasteiger partial charge is 0.462 e. The van der Waals surface area contributed by atoms with Gasteiger partial charge in [0.15, 0.2) is 12.2 Å². The van der Waals surface area contributed by atoms with Crippen molar-refractivity contribution in [2.24, 2.45) is 23.7 Å². The number of ether oxygens (including phenoxy) is 4. The van der Waals surface area contributed by atoms with E-state index in [9.17, 15) is 43.2 Å². The summed E-state index contributed by atoms with van der Waals surface area (Å²) in [6.07, 6.45) is 51.7. The highest BCUT2D eigenvalue weighted by atomic mass is 31.2. The molecule has 3 unspecified atom stereocenters. The molecule has 96 heavy (non-hydrogen) atoms. The van der Waals surface area contributed by atoms with Crippen molar-refractivity contribution < 1.29 is 80.2 Å². The monoisotopic (exact) mass is 1410 g/mol. The SMILES string of the molecule is CCC(C)CCCCCCCCC(=O)O[C@H](COC(=O)CCCCCCCCC(C)C)COP(=O)(O)OC[C@H](O)COP(=O)(O)OC[C@@H](COC(=O)CCCCCCCCCCCCCCCC(C)C)OC(=O)CCCCCCCCCCCCCCCCCCCCC(C)C. The first-order chi connectivity index (χ1) is 46.1. The molecule has 0 aliphatic heterocycles. The van der Waals surface area contributed by atoms with Crippen LogP contribution in [-0.2, 0) is 65.4 Å². The Hall–Kier alpha value is -1.94. The van der Waals surface area contributed by atoms with Gasteiger partial charge in [-0.2, -0.15) is 0 Å². The largest absolute Gasteiger partial charge is 0.472 e. The minimum atomic E-state index is -4.96. The molecule has 3 N–H and O–H groups in total. The fourth-order valence-corrected chi connectivity index (χ4v) is 13.3. The molecular formula is C77H150O17P2. The Morgan fingerprint density at radius 1 is 0.292 bits per heavy atom. The van der Waals surface area contributed by atoms with E-state index in [1.807, 2.05) is 0 Å². The van der Waals surface area contributed by atoms with Crippen molar-refractivity contribution in [2.45, 2.75) is 408 Å². The standard InChI is InChI=1S/C77H150O17P2/c1-9-70(8)56-48-40-34-36-44-52-60-77(82)94-73(64-88-75(80)58-50-42-35-33-39-47-55-69(6)7)66-92-96(85,86)90-62-71(78)61-89-95(83,84)91-65-72(63-87-74(79)57-49-41-31-27-23-20-16-18-22-26-30-38-46-54-68(4)5)93-76(81)59-51-43-32-28-24-19-15-13-11-10-12-14-17-21-25-29-37-45-53-67(2)3/h67-73,78H,9-66H2,1-8H3,(H,83,84)(H,85,86)/t70?,71-,72-,73-/m1/s1. The van der Waals surface area contributed by atoms with Crippen LogP contribution < -0.4 is 0 Å². The molecule has 0 aromatic rings. The number of unbranched alkanes of at least 4 members (excludes halogenated alkanes) is 39. The fraction of sp³-hybridized carbons (Fsp3) is 0.948. The van der Waals surface area contributed by atoms with Crippen molar-refractivity contribution in [1.29, 1.82) is 0 Å². The molecule has 0 aliphatic rings. The van der Waals surface area contributed by atoms with Crippen LogP contribution in [0.1, 0.15) is 389 Å². The van der Waals surface area contributed by atoms with Gasteiger partial charge in [0.2, 0.25) is 0 Å². The molecular weight excluding hydrogens is 1260 g/mol. The number of phosphoric ester groups is 2. The highest BCUT2D eigenvalue weighted by molar-refractivity contribution is 7.47. The maximum absolute atomic E-state index is 13.1. The summed E-state index contributed by atoms with van der Waals surface area (Å²) >= 11 is 0. The fourth-order valence-electron chi connectivity index (χ4n) is 11.7. The van der Waals surface area contributed by atoms with Crippen LogP contribution in [0.5, 0.6) is 0 Å². The lowest BCUT2D eigenvalue weighted by Crippen LogP contribution is -2.30. The molecule has 0 bridgehead atoms. The molecule has 0 rings (SSSR count). The Balaban J connectivity index is 5.20. The van der Waals surface area contributed by atoms with E-state index in [1.165, 1.54) is 186 Å². The molecule has 0 spiro atoms. The molecule has 17 nitrogen and oxygen atoms in total. The van der Waals surface area contributed by atoms with Crippen molar-refractivity contribution in [3.05, 3.63) is 0 Å². The summed E-state index contributed by atoms with van der Waals surface area (Å²) in [5.74, 6) is 0.886. The number of rotatable bonds is 74. The average molecular weight is 1410 g/mol. The minimum Gasteiger partial charge on any atom is -0.462 e. The Bertz CT molecular complexity index is 1890. The zero-order valence-electron chi connectivity index (χ0n) is 63.0. The van der Waals surface area contributed by atoms with Gasteiger partial charge < -0.3 is 33.8 Å². The first-order valence-corrected chi connectivity index (χ1v) is 42.7. The number of carbonyl (C=O) groups excluding carboxylic acids is 4. The van der Waals surface area contributed by atoms with Gasteiger partial charge >= 0.3 is 39.5 Å². The molecule has 6 atom stereocenters. The van der Waals surface area contributed by atoms with Gasteiger partial charge in [-0.25, -0.2) is 9.13 Å². The summed E-state index contributed by atoms with van der Waals surface area (Å²) in [6, 6.07) is 0.